The van der Waals surface area contributed by atoms with Gasteiger partial charge in [0.2, 0.25) is 5.91 Å². The number of ether oxygens (including phenoxy) is 3. The lowest BCUT2D eigenvalue weighted by atomic mass is 9.99. The monoisotopic (exact) mass is 1030 g/mol. The molecular formula is C62H111NO10. The minimum atomic E-state index is -1.58. The van der Waals surface area contributed by atoms with Crippen LogP contribution in [-0.4, -0.2) is 100 Å². The van der Waals surface area contributed by atoms with Crippen molar-refractivity contribution in [3.8, 4) is 0 Å². The van der Waals surface area contributed by atoms with Crippen LogP contribution in [0.5, 0.6) is 0 Å². The van der Waals surface area contributed by atoms with E-state index >= 15 is 0 Å². The van der Waals surface area contributed by atoms with Crippen molar-refractivity contribution in [1.82, 2.24) is 5.32 Å². The first kappa shape index (κ1) is 68.4. The van der Waals surface area contributed by atoms with Gasteiger partial charge in [-0.25, -0.2) is 0 Å². The molecule has 0 saturated carbocycles. The Morgan fingerprint density at radius 1 is 0.507 bits per heavy atom. The van der Waals surface area contributed by atoms with Gasteiger partial charge in [-0.15, -0.1) is 0 Å². The Morgan fingerprint density at radius 3 is 1.48 bits per heavy atom. The van der Waals surface area contributed by atoms with Crippen LogP contribution < -0.4 is 5.32 Å². The second-order valence-corrected chi connectivity index (χ2v) is 20.7. The highest BCUT2D eigenvalue weighted by atomic mass is 16.7. The van der Waals surface area contributed by atoms with Crippen molar-refractivity contribution in [2.45, 2.75) is 301 Å². The quantitative estimate of drug-likeness (QED) is 0.0195. The molecule has 0 spiro atoms. The van der Waals surface area contributed by atoms with Gasteiger partial charge >= 0.3 is 5.97 Å². The molecule has 0 aliphatic carbocycles. The van der Waals surface area contributed by atoms with Gasteiger partial charge in [-0.1, -0.05) is 209 Å². The van der Waals surface area contributed by atoms with E-state index in [2.05, 4.69) is 67.8 Å². The number of aliphatic hydroxyl groups excluding tert-OH is 5. The van der Waals surface area contributed by atoms with Crippen LogP contribution in [0.4, 0.5) is 0 Å². The number of carbonyl (C=O) groups is 2. The van der Waals surface area contributed by atoms with Crippen molar-refractivity contribution in [2.75, 3.05) is 19.8 Å². The van der Waals surface area contributed by atoms with Gasteiger partial charge in [0.15, 0.2) is 6.29 Å². The molecule has 0 aromatic heterocycles. The minimum Gasteiger partial charge on any atom is -0.466 e. The van der Waals surface area contributed by atoms with Crippen molar-refractivity contribution >= 4 is 11.9 Å². The summed E-state index contributed by atoms with van der Waals surface area (Å²) >= 11 is 0. The third-order valence-electron chi connectivity index (χ3n) is 13.8. The maximum Gasteiger partial charge on any atom is 0.305 e. The summed E-state index contributed by atoms with van der Waals surface area (Å²) in [4.78, 5) is 25.0. The van der Waals surface area contributed by atoms with Gasteiger partial charge < -0.3 is 45.1 Å². The van der Waals surface area contributed by atoms with E-state index in [1.54, 1.807) is 6.08 Å². The predicted molar refractivity (Wildman–Crippen MR) is 301 cm³/mol. The SMILES string of the molecule is CCCC/C=C\C/C=C\CCCCCCCC(=O)OCCCCCCCCCCCCC/C=C\CCCCCCCCCC(=O)NC(COC1OC(CO)C(O)C(O)C1O)C(O)/C=C/CC/C=C/CCCCC. The molecule has 1 heterocycles. The molecule has 1 saturated heterocycles. The van der Waals surface area contributed by atoms with Gasteiger partial charge in [0.05, 0.1) is 32.0 Å². The standard InChI is InChI=1S/C62H111NO10/c1-3-5-7-9-11-13-14-15-27-30-34-38-42-46-50-58(67)71-51-47-43-39-35-31-28-25-23-21-19-17-16-18-20-22-24-26-29-33-37-41-45-49-57(66)63-54(55(65)48-44-40-36-32-12-10-8-6-4-2)53-72-62-61(70)60(69)59(68)56(52-64)73-62/h9,11-12,14-15,18,20,32,44,48,54-56,59-62,64-65,68-70H,3-8,10,13,16-17,19,21-31,33-43,45-47,49-53H2,1-2H3,(H,63,66)/b11-9-,15-14-,20-18-,32-12+,48-44+. The number of allylic oxidation sites excluding steroid dienone is 9. The van der Waals surface area contributed by atoms with Crippen molar-refractivity contribution < 1.29 is 49.3 Å². The normalized spacial score (nSPS) is 19.4. The zero-order valence-corrected chi connectivity index (χ0v) is 46.6. The number of esters is 1. The fraction of sp³-hybridized carbons (Fsp3) is 0.806. The summed E-state index contributed by atoms with van der Waals surface area (Å²) in [5, 5.41) is 54.1. The van der Waals surface area contributed by atoms with Gasteiger partial charge in [-0.2, -0.15) is 0 Å². The average molecular weight is 1030 g/mol. The largest absolute Gasteiger partial charge is 0.466 e. The van der Waals surface area contributed by atoms with Crippen molar-refractivity contribution in [3.63, 3.8) is 0 Å². The Morgan fingerprint density at radius 2 is 0.945 bits per heavy atom. The lowest BCUT2D eigenvalue weighted by Gasteiger charge is -2.40. The third kappa shape index (κ3) is 41.2. The van der Waals surface area contributed by atoms with Gasteiger partial charge in [-0.3, -0.25) is 9.59 Å². The molecule has 0 aromatic rings. The molecule has 1 rings (SSSR count). The molecule has 11 heteroatoms. The first-order valence-electron chi connectivity index (χ1n) is 30.1. The second kappa shape index (κ2) is 51.5. The Balaban J connectivity index is 2.02. The Labute approximate surface area is 446 Å². The van der Waals surface area contributed by atoms with Crippen LogP contribution in [0.1, 0.15) is 258 Å². The molecule has 6 N–H and O–H groups in total. The van der Waals surface area contributed by atoms with Gasteiger partial charge in [-0.05, 0) is 96.3 Å². The molecule has 1 aliphatic heterocycles. The predicted octanol–water partition coefficient (Wildman–Crippen LogP) is 13.8. The zero-order chi connectivity index (χ0) is 53.1. The fourth-order valence-electron chi connectivity index (χ4n) is 8.99. The number of nitrogens with one attached hydrogen (secondary N) is 1. The first-order valence-corrected chi connectivity index (χ1v) is 30.1. The molecule has 1 fully saturated rings. The summed E-state index contributed by atoms with van der Waals surface area (Å²) in [6.45, 7) is 4.21. The van der Waals surface area contributed by atoms with Crippen LogP contribution in [0.2, 0.25) is 0 Å². The first-order chi connectivity index (χ1) is 35.7. The maximum absolute atomic E-state index is 13.0. The van der Waals surface area contributed by atoms with Gasteiger partial charge in [0.25, 0.3) is 0 Å². The Hall–Kier alpha value is -2.64. The molecule has 1 aliphatic rings. The number of hydrogen-bond donors (Lipinski definition) is 6. The van der Waals surface area contributed by atoms with Crippen molar-refractivity contribution in [1.29, 1.82) is 0 Å². The molecule has 424 valence electrons. The highest BCUT2D eigenvalue weighted by molar-refractivity contribution is 5.76. The van der Waals surface area contributed by atoms with Gasteiger partial charge in [0.1, 0.15) is 24.4 Å². The topological polar surface area (TPSA) is 175 Å². The number of amides is 1. The molecule has 11 nitrogen and oxygen atoms in total. The van der Waals surface area contributed by atoms with E-state index in [1.165, 1.54) is 141 Å². The Bertz CT molecular complexity index is 1400. The van der Waals surface area contributed by atoms with Crippen molar-refractivity contribution in [2.24, 2.45) is 0 Å². The van der Waals surface area contributed by atoms with Crippen LogP contribution in [0, 0.1) is 0 Å². The number of hydrogen-bond acceptors (Lipinski definition) is 10. The van der Waals surface area contributed by atoms with Gasteiger partial charge in [0, 0.05) is 12.8 Å². The lowest BCUT2D eigenvalue weighted by Crippen LogP contribution is -2.60. The van der Waals surface area contributed by atoms with E-state index in [0.717, 1.165) is 89.9 Å². The van der Waals surface area contributed by atoms with E-state index in [4.69, 9.17) is 14.2 Å². The molecule has 0 bridgehead atoms. The van der Waals surface area contributed by atoms with Crippen LogP contribution in [0.15, 0.2) is 60.8 Å². The van der Waals surface area contributed by atoms with Crippen LogP contribution >= 0.6 is 0 Å². The molecule has 0 radical (unpaired) electrons. The Kier molecular flexibility index (Phi) is 48.2. The molecular weight excluding hydrogens is 919 g/mol. The second-order valence-electron chi connectivity index (χ2n) is 20.7. The summed E-state index contributed by atoms with van der Waals surface area (Å²) in [5.41, 5.74) is 0. The van der Waals surface area contributed by atoms with Crippen molar-refractivity contribution in [3.05, 3.63) is 60.8 Å². The third-order valence-corrected chi connectivity index (χ3v) is 13.8. The molecule has 7 unspecified atom stereocenters. The molecule has 7 atom stereocenters. The molecule has 0 aromatic carbocycles. The smallest absolute Gasteiger partial charge is 0.305 e. The molecule has 73 heavy (non-hydrogen) atoms. The highest BCUT2D eigenvalue weighted by Gasteiger charge is 2.44. The fourth-order valence-corrected chi connectivity index (χ4v) is 8.99. The number of carbonyl (C=O) groups excluding carboxylic acids is 2. The molecule has 1 amide bonds. The van der Waals surface area contributed by atoms with E-state index in [1.807, 2.05) is 6.08 Å². The van der Waals surface area contributed by atoms with Crippen LogP contribution in [0.3, 0.4) is 0 Å². The lowest BCUT2D eigenvalue weighted by molar-refractivity contribution is -0.302. The van der Waals surface area contributed by atoms with Crippen LogP contribution in [0.25, 0.3) is 0 Å². The van der Waals surface area contributed by atoms with E-state index < -0.39 is 49.5 Å². The summed E-state index contributed by atoms with van der Waals surface area (Å²) in [6.07, 6.45) is 56.2. The minimum absolute atomic E-state index is 0.0185. The average Bonchev–Trinajstić information content (AvgIpc) is 3.39. The van der Waals surface area contributed by atoms with E-state index in [0.29, 0.717) is 19.4 Å². The van der Waals surface area contributed by atoms with E-state index in [9.17, 15) is 35.1 Å². The zero-order valence-electron chi connectivity index (χ0n) is 46.6. The number of aliphatic hydroxyl groups is 5. The summed E-state index contributed by atoms with van der Waals surface area (Å²) in [7, 11) is 0. The highest BCUT2D eigenvalue weighted by Crippen LogP contribution is 2.23. The number of unbranched alkanes of at least 4 members (excludes halogenated alkanes) is 29. The summed E-state index contributed by atoms with van der Waals surface area (Å²) < 4.78 is 16.6. The summed E-state index contributed by atoms with van der Waals surface area (Å²) in [6, 6.07) is -0.832. The maximum atomic E-state index is 13.0. The van der Waals surface area contributed by atoms with E-state index in [-0.39, 0.29) is 18.5 Å². The summed E-state index contributed by atoms with van der Waals surface area (Å²) in [5.74, 6) is -0.221. The van der Waals surface area contributed by atoms with Crippen LogP contribution in [-0.2, 0) is 23.8 Å². The number of rotatable bonds is 51.